The largest absolute Gasteiger partial charge is 0.484 e. The van der Waals surface area contributed by atoms with Crippen molar-refractivity contribution in [2.45, 2.75) is 32.7 Å². The third-order valence-corrected chi connectivity index (χ3v) is 4.27. The van der Waals surface area contributed by atoms with Crippen molar-refractivity contribution in [3.63, 3.8) is 0 Å². The molecule has 0 unspecified atom stereocenters. The lowest BCUT2D eigenvalue weighted by Crippen LogP contribution is -2.30. The molecule has 0 fully saturated rings. The molecule has 0 saturated carbocycles. The first-order valence-corrected chi connectivity index (χ1v) is 9.20. The van der Waals surface area contributed by atoms with Crippen molar-refractivity contribution in [2.24, 2.45) is 0 Å². The van der Waals surface area contributed by atoms with E-state index in [1.165, 1.54) is 18.2 Å². The van der Waals surface area contributed by atoms with Gasteiger partial charge in [0.05, 0.1) is 17.8 Å². The highest BCUT2D eigenvalue weighted by Gasteiger charge is 2.33. The Morgan fingerprint density at radius 3 is 2.16 bits per heavy atom. The molecule has 0 spiro atoms. The Labute approximate surface area is 175 Å². The van der Waals surface area contributed by atoms with Gasteiger partial charge >= 0.3 is 12.4 Å². The Bertz CT molecular complexity index is 902. The molecule has 0 heterocycles. The van der Waals surface area contributed by atoms with E-state index in [4.69, 9.17) is 4.74 Å². The van der Waals surface area contributed by atoms with Crippen LogP contribution in [0, 0.1) is 13.8 Å². The lowest BCUT2D eigenvalue weighted by molar-refractivity contribution is -0.153. The molecule has 31 heavy (non-hydrogen) atoms. The van der Waals surface area contributed by atoms with Gasteiger partial charge in [-0.05, 0) is 49.7 Å². The third kappa shape index (κ3) is 7.46. The summed E-state index contributed by atoms with van der Waals surface area (Å²) in [5, 5.41) is 2.27. The van der Waals surface area contributed by atoms with E-state index in [1.54, 1.807) is 37.9 Å². The number of alkyl halides is 6. The molecule has 1 amide bonds. The van der Waals surface area contributed by atoms with Crippen LogP contribution in [-0.2, 0) is 17.5 Å². The zero-order chi connectivity index (χ0) is 23.4. The molecule has 0 aliphatic heterocycles. The highest BCUT2D eigenvalue weighted by molar-refractivity contribution is 5.93. The standard InChI is InChI=1S/C21H22F6N2O2/c1-13-8-15(9-14(2)19(13)31-12-20(22,23)24)10-29(3)11-18(30)28-17-7-5-4-6-16(17)21(25,26)27/h4-9H,10-12H2,1-3H3,(H,28,30). The molecule has 0 aliphatic rings. The smallest absolute Gasteiger partial charge is 0.422 e. The molecule has 10 heteroatoms. The van der Waals surface area contributed by atoms with E-state index in [0.717, 1.165) is 11.6 Å². The second-order valence-electron chi connectivity index (χ2n) is 7.23. The van der Waals surface area contributed by atoms with Crippen molar-refractivity contribution in [3.05, 3.63) is 58.7 Å². The van der Waals surface area contributed by atoms with Crippen molar-refractivity contribution in [1.82, 2.24) is 4.90 Å². The number of halogens is 6. The number of aryl methyl sites for hydroxylation is 2. The molecule has 1 N–H and O–H groups in total. The van der Waals surface area contributed by atoms with Gasteiger partial charge in [0.1, 0.15) is 5.75 Å². The van der Waals surface area contributed by atoms with Gasteiger partial charge in [-0.15, -0.1) is 0 Å². The van der Waals surface area contributed by atoms with Crippen LogP contribution in [0.15, 0.2) is 36.4 Å². The van der Waals surface area contributed by atoms with Gasteiger partial charge in [0, 0.05) is 6.54 Å². The van der Waals surface area contributed by atoms with E-state index in [9.17, 15) is 31.1 Å². The number of anilines is 1. The third-order valence-electron chi connectivity index (χ3n) is 4.27. The van der Waals surface area contributed by atoms with Crippen molar-refractivity contribution in [1.29, 1.82) is 0 Å². The molecule has 2 aromatic carbocycles. The molecule has 0 aliphatic carbocycles. The molecule has 4 nitrogen and oxygen atoms in total. The predicted octanol–water partition coefficient (Wildman–Crippen LogP) is 5.33. The van der Waals surface area contributed by atoms with Crippen LogP contribution in [0.3, 0.4) is 0 Å². The number of para-hydroxylation sites is 1. The average molecular weight is 448 g/mol. The number of amides is 1. The number of carbonyl (C=O) groups excluding carboxylic acids is 1. The molecule has 0 radical (unpaired) electrons. The van der Waals surface area contributed by atoms with Gasteiger partial charge in [-0.1, -0.05) is 24.3 Å². The fourth-order valence-electron chi connectivity index (χ4n) is 3.15. The van der Waals surface area contributed by atoms with Crippen LogP contribution in [0.5, 0.6) is 5.75 Å². The summed E-state index contributed by atoms with van der Waals surface area (Å²) in [6.07, 6.45) is -9.05. The van der Waals surface area contributed by atoms with E-state index in [-0.39, 0.29) is 24.5 Å². The summed E-state index contributed by atoms with van der Waals surface area (Å²) in [4.78, 5) is 13.8. The summed E-state index contributed by atoms with van der Waals surface area (Å²) in [6.45, 7) is 1.91. The Morgan fingerprint density at radius 2 is 1.61 bits per heavy atom. The molecule has 2 rings (SSSR count). The van der Waals surface area contributed by atoms with Gasteiger partial charge < -0.3 is 10.1 Å². The Kier molecular flexibility index (Phi) is 7.58. The van der Waals surface area contributed by atoms with Gasteiger partial charge in [0.2, 0.25) is 5.91 Å². The predicted molar refractivity (Wildman–Crippen MR) is 104 cm³/mol. The molecule has 0 atom stereocenters. The number of ether oxygens (including phenoxy) is 1. The molecule has 0 saturated heterocycles. The molecular weight excluding hydrogens is 426 g/mol. The molecule has 0 bridgehead atoms. The number of nitrogens with one attached hydrogen (secondary N) is 1. The molecule has 0 aromatic heterocycles. The van der Waals surface area contributed by atoms with Crippen molar-refractivity contribution < 1.29 is 35.9 Å². The number of hydrogen-bond donors (Lipinski definition) is 1. The monoisotopic (exact) mass is 448 g/mol. The van der Waals surface area contributed by atoms with Gasteiger partial charge in [-0.25, -0.2) is 0 Å². The van der Waals surface area contributed by atoms with Crippen LogP contribution in [-0.4, -0.2) is 37.2 Å². The number of benzene rings is 2. The SMILES string of the molecule is Cc1cc(CN(C)CC(=O)Nc2ccccc2C(F)(F)F)cc(C)c1OCC(F)(F)F. The van der Waals surface area contributed by atoms with Gasteiger partial charge in [0.15, 0.2) is 6.61 Å². The van der Waals surface area contributed by atoms with Gasteiger partial charge in [0.25, 0.3) is 0 Å². The average Bonchev–Trinajstić information content (AvgIpc) is 2.59. The summed E-state index contributed by atoms with van der Waals surface area (Å²) < 4.78 is 81.2. The Morgan fingerprint density at radius 1 is 1.03 bits per heavy atom. The van der Waals surface area contributed by atoms with E-state index < -0.39 is 30.4 Å². The van der Waals surface area contributed by atoms with Crippen LogP contribution in [0.25, 0.3) is 0 Å². The second-order valence-corrected chi connectivity index (χ2v) is 7.23. The van der Waals surface area contributed by atoms with Crippen LogP contribution in [0.2, 0.25) is 0 Å². The maximum absolute atomic E-state index is 13.0. The summed E-state index contributed by atoms with van der Waals surface area (Å²) in [7, 11) is 1.61. The summed E-state index contributed by atoms with van der Waals surface area (Å²) in [5.41, 5.74) is 0.478. The van der Waals surface area contributed by atoms with E-state index in [1.807, 2.05) is 0 Å². The Balaban J connectivity index is 2.01. The van der Waals surface area contributed by atoms with Crippen molar-refractivity contribution in [3.8, 4) is 5.75 Å². The first-order chi connectivity index (χ1) is 14.3. The number of rotatable bonds is 7. The van der Waals surface area contributed by atoms with Crippen LogP contribution >= 0.6 is 0 Å². The Hall–Kier alpha value is -2.75. The highest BCUT2D eigenvalue weighted by Crippen LogP contribution is 2.34. The molecule has 170 valence electrons. The number of nitrogens with zero attached hydrogens (tertiary/aromatic N) is 1. The van der Waals surface area contributed by atoms with Gasteiger partial charge in [-0.3, -0.25) is 9.69 Å². The minimum atomic E-state index is -4.60. The fourth-order valence-corrected chi connectivity index (χ4v) is 3.15. The summed E-state index contributed by atoms with van der Waals surface area (Å²) in [6, 6.07) is 7.97. The lowest BCUT2D eigenvalue weighted by Gasteiger charge is -2.20. The number of hydrogen-bond acceptors (Lipinski definition) is 3. The molecule has 2 aromatic rings. The lowest BCUT2D eigenvalue weighted by atomic mass is 10.1. The number of likely N-dealkylation sites (N-methyl/N-ethyl adjacent to an activating group) is 1. The van der Waals surface area contributed by atoms with E-state index >= 15 is 0 Å². The van der Waals surface area contributed by atoms with Gasteiger partial charge in [-0.2, -0.15) is 26.3 Å². The maximum atomic E-state index is 13.0. The van der Waals surface area contributed by atoms with E-state index in [0.29, 0.717) is 11.1 Å². The van der Waals surface area contributed by atoms with E-state index in [2.05, 4.69) is 5.32 Å². The highest BCUT2D eigenvalue weighted by atomic mass is 19.4. The first kappa shape index (κ1) is 24.5. The summed E-state index contributed by atoms with van der Waals surface area (Å²) in [5.74, 6) is -0.483. The molecular formula is C21H22F6N2O2. The topological polar surface area (TPSA) is 41.6 Å². The normalized spacial score (nSPS) is 12.2. The minimum absolute atomic E-state index is 0.144. The zero-order valence-corrected chi connectivity index (χ0v) is 17.1. The van der Waals surface area contributed by atoms with Crippen LogP contribution in [0.1, 0.15) is 22.3 Å². The second kappa shape index (κ2) is 9.59. The van der Waals surface area contributed by atoms with Crippen LogP contribution in [0.4, 0.5) is 32.0 Å². The zero-order valence-electron chi connectivity index (χ0n) is 17.1. The fraction of sp³-hybridized carbons (Fsp3) is 0.381. The minimum Gasteiger partial charge on any atom is -0.484 e. The first-order valence-electron chi connectivity index (χ1n) is 9.20. The van der Waals surface area contributed by atoms with Crippen LogP contribution < -0.4 is 10.1 Å². The summed E-state index contributed by atoms with van der Waals surface area (Å²) >= 11 is 0. The van der Waals surface area contributed by atoms with Crippen molar-refractivity contribution in [2.75, 3.05) is 25.5 Å². The maximum Gasteiger partial charge on any atom is 0.422 e. The number of carbonyl (C=O) groups is 1. The van der Waals surface area contributed by atoms with Crippen molar-refractivity contribution >= 4 is 11.6 Å². The quantitative estimate of drug-likeness (QED) is 0.582.